The summed E-state index contributed by atoms with van der Waals surface area (Å²) in [6, 6.07) is 8.14. The van der Waals surface area contributed by atoms with E-state index in [9.17, 15) is 27.9 Å². The lowest BCUT2D eigenvalue weighted by atomic mass is 9.95. The fraction of sp³-hybridized carbons (Fsp3) is 0.600. The molecule has 0 aromatic heterocycles. The number of benzene rings is 1. The Labute approximate surface area is 182 Å². The van der Waals surface area contributed by atoms with E-state index in [2.05, 4.69) is 5.32 Å². The molecule has 9 nitrogen and oxygen atoms in total. The van der Waals surface area contributed by atoms with E-state index in [1.54, 1.807) is 5.32 Å². The van der Waals surface area contributed by atoms with Crippen molar-refractivity contribution < 1.29 is 46.8 Å². The Hall–Kier alpha value is -2.25. The number of carbonyl (C=O) groups excluding carboxylic acids is 2. The largest absolute Gasteiger partial charge is 0.471 e. The van der Waals surface area contributed by atoms with Crippen molar-refractivity contribution in [2.24, 2.45) is 0 Å². The van der Waals surface area contributed by atoms with Crippen LogP contribution >= 0.6 is 0 Å². The zero-order valence-corrected chi connectivity index (χ0v) is 17.2. The summed E-state index contributed by atoms with van der Waals surface area (Å²) in [5.74, 6) is -2.47. The van der Waals surface area contributed by atoms with E-state index in [1.165, 1.54) is 6.92 Å². The van der Waals surface area contributed by atoms with Crippen molar-refractivity contribution >= 4 is 11.8 Å². The molecular formula is C20H25F3N2O7. The first-order valence-electron chi connectivity index (χ1n) is 10.1. The van der Waals surface area contributed by atoms with E-state index in [1.807, 2.05) is 30.3 Å². The molecule has 1 aromatic rings. The molecule has 1 aromatic carbocycles. The normalized spacial score (nSPS) is 30.3. The molecule has 2 aliphatic heterocycles. The molecule has 2 fully saturated rings. The van der Waals surface area contributed by atoms with Crippen molar-refractivity contribution in [1.29, 1.82) is 0 Å². The van der Waals surface area contributed by atoms with Gasteiger partial charge in [-0.2, -0.15) is 13.2 Å². The average Bonchev–Trinajstić information content (AvgIpc) is 2.75. The van der Waals surface area contributed by atoms with Gasteiger partial charge in [-0.15, -0.1) is 0 Å². The molecule has 12 heteroatoms. The van der Waals surface area contributed by atoms with Crippen LogP contribution in [0.3, 0.4) is 0 Å². The van der Waals surface area contributed by atoms with Crippen LogP contribution in [0.4, 0.5) is 13.2 Å². The predicted octanol–water partition coefficient (Wildman–Crippen LogP) is 0.776. The average molecular weight is 462 g/mol. The number of aliphatic hydroxyl groups excluding tert-OH is 1. The van der Waals surface area contributed by atoms with Gasteiger partial charge >= 0.3 is 12.1 Å². The minimum absolute atomic E-state index is 0.0573. The number of aliphatic hydroxyl groups is 1. The number of fused-ring (bicyclic) bond motifs is 1. The molecule has 0 saturated carbocycles. The summed E-state index contributed by atoms with van der Waals surface area (Å²) in [6.07, 6.45) is -9.40. The summed E-state index contributed by atoms with van der Waals surface area (Å²) in [7, 11) is 0. The monoisotopic (exact) mass is 462 g/mol. The molecular weight excluding hydrogens is 437 g/mol. The Morgan fingerprint density at radius 2 is 1.94 bits per heavy atom. The van der Waals surface area contributed by atoms with Gasteiger partial charge in [0, 0.05) is 19.0 Å². The number of hydrogen-bond acceptors (Lipinski definition) is 7. The van der Waals surface area contributed by atoms with Crippen LogP contribution in [0.5, 0.6) is 0 Å². The van der Waals surface area contributed by atoms with E-state index >= 15 is 0 Å². The summed E-state index contributed by atoms with van der Waals surface area (Å²) in [5, 5.41) is 15.2. The van der Waals surface area contributed by atoms with Gasteiger partial charge in [0.2, 0.25) is 5.91 Å². The molecule has 0 bridgehead atoms. The number of amides is 2. The van der Waals surface area contributed by atoms with Crippen molar-refractivity contribution in [3.8, 4) is 0 Å². The number of carbonyl (C=O) groups is 2. The Kier molecular flexibility index (Phi) is 8.06. The highest BCUT2D eigenvalue weighted by Gasteiger charge is 2.50. The van der Waals surface area contributed by atoms with Crippen molar-refractivity contribution in [3.05, 3.63) is 35.9 Å². The lowest BCUT2D eigenvalue weighted by Gasteiger charge is -2.47. The van der Waals surface area contributed by atoms with Crippen LogP contribution in [0.25, 0.3) is 0 Å². The molecule has 0 spiro atoms. The predicted molar refractivity (Wildman–Crippen MR) is 102 cm³/mol. The minimum atomic E-state index is -4.96. The van der Waals surface area contributed by atoms with Crippen LogP contribution in [0.1, 0.15) is 25.2 Å². The van der Waals surface area contributed by atoms with Gasteiger partial charge in [0.15, 0.2) is 12.6 Å². The third kappa shape index (κ3) is 6.17. The maximum atomic E-state index is 12.2. The fourth-order valence-corrected chi connectivity index (χ4v) is 3.48. The standard InChI is InChI=1S/C20H25F3N2O7/c1-11(26)25-14-15(27)16-13(10-30-17(32-16)12-6-3-2-4-7-12)31-18(14)29-9-5-8-24-19(28)20(21,22)23/h2-4,6-7,13-18,27H,5,8-10H2,1H3,(H,24,28)(H,25,26)/t13-,14-,15-,16+,17?,18-/m1/s1. The molecule has 3 N–H and O–H groups in total. The van der Waals surface area contributed by atoms with Crippen LogP contribution in [-0.2, 0) is 28.5 Å². The quantitative estimate of drug-likeness (QED) is 0.513. The first-order valence-corrected chi connectivity index (χ1v) is 10.1. The van der Waals surface area contributed by atoms with Gasteiger partial charge in [-0.05, 0) is 6.42 Å². The molecule has 2 heterocycles. The summed E-state index contributed by atoms with van der Waals surface area (Å²) in [4.78, 5) is 22.5. The molecule has 0 radical (unpaired) electrons. The topological polar surface area (TPSA) is 115 Å². The first kappa shape index (κ1) is 24.4. The fourth-order valence-electron chi connectivity index (χ4n) is 3.48. The number of hydrogen-bond donors (Lipinski definition) is 3. The Bertz CT molecular complexity index is 780. The highest BCUT2D eigenvalue weighted by Crippen LogP contribution is 2.34. The first-order chi connectivity index (χ1) is 15.2. The van der Waals surface area contributed by atoms with Crippen LogP contribution < -0.4 is 10.6 Å². The lowest BCUT2D eigenvalue weighted by Crippen LogP contribution is -2.66. The molecule has 178 valence electrons. The molecule has 1 unspecified atom stereocenters. The van der Waals surface area contributed by atoms with E-state index in [0.29, 0.717) is 0 Å². The van der Waals surface area contributed by atoms with Gasteiger partial charge in [-0.25, -0.2) is 0 Å². The molecule has 6 atom stereocenters. The number of ether oxygens (including phenoxy) is 4. The summed E-state index contributed by atoms with van der Waals surface area (Å²) in [6.45, 7) is 1.00. The second-order valence-corrected chi connectivity index (χ2v) is 7.41. The number of nitrogens with one attached hydrogen (secondary N) is 2. The smallest absolute Gasteiger partial charge is 0.388 e. The van der Waals surface area contributed by atoms with E-state index in [0.717, 1.165) is 5.56 Å². The molecule has 2 saturated heterocycles. The second kappa shape index (κ2) is 10.6. The van der Waals surface area contributed by atoms with Crippen molar-refractivity contribution in [2.45, 2.75) is 56.5 Å². The van der Waals surface area contributed by atoms with Gasteiger partial charge in [0.05, 0.1) is 13.2 Å². The molecule has 2 aliphatic rings. The van der Waals surface area contributed by atoms with Gasteiger partial charge in [-0.3, -0.25) is 9.59 Å². The SMILES string of the molecule is CC(=O)N[C@H]1[C@H](OCCCNC(=O)C(F)(F)F)O[C@@H]2COC(c3ccccc3)O[C@@H]2[C@@H]1O. The molecule has 2 amide bonds. The summed E-state index contributed by atoms with van der Waals surface area (Å²) < 4.78 is 59.6. The maximum absolute atomic E-state index is 12.2. The molecule has 32 heavy (non-hydrogen) atoms. The highest BCUT2D eigenvalue weighted by molar-refractivity contribution is 5.81. The van der Waals surface area contributed by atoms with Crippen LogP contribution in [0.2, 0.25) is 0 Å². The molecule has 0 aliphatic carbocycles. The summed E-state index contributed by atoms with van der Waals surface area (Å²) >= 11 is 0. The second-order valence-electron chi connectivity index (χ2n) is 7.41. The lowest BCUT2D eigenvalue weighted by molar-refractivity contribution is -0.344. The third-order valence-electron chi connectivity index (χ3n) is 4.95. The zero-order valence-electron chi connectivity index (χ0n) is 17.2. The van der Waals surface area contributed by atoms with Gasteiger partial charge in [0.25, 0.3) is 0 Å². The minimum Gasteiger partial charge on any atom is -0.388 e. The maximum Gasteiger partial charge on any atom is 0.471 e. The summed E-state index contributed by atoms with van der Waals surface area (Å²) in [5.41, 5.74) is 0.758. The van der Waals surface area contributed by atoms with Gasteiger partial charge in [-0.1, -0.05) is 30.3 Å². The number of rotatable bonds is 7. The van der Waals surface area contributed by atoms with E-state index in [-0.39, 0.29) is 26.2 Å². The zero-order chi connectivity index (χ0) is 23.3. The molecule has 3 rings (SSSR count). The Balaban J connectivity index is 1.57. The van der Waals surface area contributed by atoms with Crippen LogP contribution in [-0.4, -0.2) is 73.5 Å². The Morgan fingerprint density at radius 1 is 1.22 bits per heavy atom. The van der Waals surface area contributed by atoms with E-state index in [4.69, 9.17) is 18.9 Å². The third-order valence-corrected chi connectivity index (χ3v) is 4.95. The Morgan fingerprint density at radius 3 is 2.59 bits per heavy atom. The highest BCUT2D eigenvalue weighted by atomic mass is 19.4. The van der Waals surface area contributed by atoms with Crippen molar-refractivity contribution in [1.82, 2.24) is 10.6 Å². The number of halogens is 3. The van der Waals surface area contributed by atoms with Crippen LogP contribution in [0.15, 0.2) is 30.3 Å². The van der Waals surface area contributed by atoms with Crippen LogP contribution in [0, 0.1) is 0 Å². The number of alkyl halides is 3. The van der Waals surface area contributed by atoms with E-state index < -0.39 is 54.9 Å². The van der Waals surface area contributed by atoms with Gasteiger partial charge < -0.3 is 34.7 Å². The van der Waals surface area contributed by atoms with Crippen molar-refractivity contribution in [3.63, 3.8) is 0 Å². The van der Waals surface area contributed by atoms with Crippen molar-refractivity contribution in [2.75, 3.05) is 19.8 Å². The van der Waals surface area contributed by atoms with Gasteiger partial charge in [0.1, 0.15) is 24.4 Å².